The lowest BCUT2D eigenvalue weighted by Gasteiger charge is -2.10. The topological polar surface area (TPSA) is 147 Å². The van der Waals surface area contributed by atoms with E-state index in [4.69, 9.17) is 22.9 Å². The van der Waals surface area contributed by atoms with Crippen LogP contribution in [0.15, 0.2) is 0 Å². The van der Waals surface area contributed by atoms with E-state index in [9.17, 15) is 9.59 Å². The number of ether oxygens (including phenoxy) is 1. The molecular weight excluding hydrogens is 176 g/mol. The Bertz CT molecular complexity index is 176. The van der Waals surface area contributed by atoms with Crippen LogP contribution in [0.1, 0.15) is 0 Å². The third kappa shape index (κ3) is 3.95. The van der Waals surface area contributed by atoms with Crippen LogP contribution in [0.25, 0.3) is 0 Å². The van der Waals surface area contributed by atoms with Gasteiger partial charge in [0, 0.05) is 13.1 Å². The molecule has 7 nitrogen and oxygen atoms in total. The molecule has 2 atom stereocenters. The van der Waals surface area contributed by atoms with Crippen LogP contribution in [0.5, 0.6) is 0 Å². The average Bonchev–Trinajstić information content (AvgIpc) is 2.14. The van der Waals surface area contributed by atoms with Gasteiger partial charge in [0.15, 0.2) is 0 Å². The van der Waals surface area contributed by atoms with Crippen molar-refractivity contribution < 1.29 is 14.3 Å². The summed E-state index contributed by atoms with van der Waals surface area (Å²) < 4.78 is 4.27. The summed E-state index contributed by atoms with van der Waals surface area (Å²) in [6, 6.07) is -2.01. The molecule has 0 aromatic carbocycles. The molecular formula is C6H14N4O3. The fourth-order valence-electron chi connectivity index (χ4n) is 0.443. The van der Waals surface area contributed by atoms with E-state index >= 15 is 0 Å². The summed E-state index contributed by atoms with van der Waals surface area (Å²) in [4.78, 5) is 21.7. The Hall–Kier alpha value is -1.02. The monoisotopic (exact) mass is 190 g/mol. The summed E-state index contributed by atoms with van der Waals surface area (Å²) in [5.74, 6) is -1.78. The van der Waals surface area contributed by atoms with Crippen molar-refractivity contribution in [1.82, 2.24) is 0 Å². The lowest BCUT2D eigenvalue weighted by molar-refractivity contribution is -0.161. The Labute approximate surface area is 75.4 Å². The van der Waals surface area contributed by atoms with Gasteiger partial charge in [-0.15, -0.1) is 0 Å². The molecule has 0 aliphatic rings. The van der Waals surface area contributed by atoms with Gasteiger partial charge in [-0.1, -0.05) is 0 Å². The highest BCUT2D eigenvalue weighted by Gasteiger charge is 2.21. The molecule has 0 amide bonds. The maximum atomic E-state index is 10.9. The Kier molecular flexibility index (Phi) is 5.16. The van der Waals surface area contributed by atoms with Crippen molar-refractivity contribution in [1.29, 1.82) is 0 Å². The van der Waals surface area contributed by atoms with E-state index in [2.05, 4.69) is 4.74 Å². The van der Waals surface area contributed by atoms with Crippen molar-refractivity contribution in [2.45, 2.75) is 12.1 Å². The molecule has 2 unspecified atom stereocenters. The van der Waals surface area contributed by atoms with Crippen molar-refractivity contribution >= 4 is 11.9 Å². The molecule has 8 N–H and O–H groups in total. The molecule has 0 saturated carbocycles. The number of rotatable bonds is 4. The molecule has 0 bridgehead atoms. The Morgan fingerprint density at radius 3 is 1.54 bits per heavy atom. The van der Waals surface area contributed by atoms with Crippen molar-refractivity contribution in [3.05, 3.63) is 0 Å². The van der Waals surface area contributed by atoms with Gasteiger partial charge in [0.1, 0.15) is 12.1 Å². The summed E-state index contributed by atoms with van der Waals surface area (Å²) >= 11 is 0. The van der Waals surface area contributed by atoms with Gasteiger partial charge < -0.3 is 27.7 Å². The van der Waals surface area contributed by atoms with Gasteiger partial charge in [-0.2, -0.15) is 0 Å². The zero-order valence-electron chi connectivity index (χ0n) is 7.10. The largest absolute Gasteiger partial charge is 0.391 e. The molecule has 0 aliphatic carbocycles. The fraction of sp³-hybridized carbons (Fsp3) is 0.667. The molecule has 76 valence electrons. The van der Waals surface area contributed by atoms with Crippen LogP contribution in [0.2, 0.25) is 0 Å². The van der Waals surface area contributed by atoms with Gasteiger partial charge in [0.25, 0.3) is 0 Å². The second-order valence-corrected chi connectivity index (χ2v) is 2.42. The van der Waals surface area contributed by atoms with Gasteiger partial charge in [-0.25, -0.2) is 9.59 Å². The van der Waals surface area contributed by atoms with E-state index in [1.54, 1.807) is 0 Å². The van der Waals surface area contributed by atoms with Crippen molar-refractivity contribution in [2.24, 2.45) is 22.9 Å². The first-order valence-electron chi connectivity index (χ1n) is 3.69. The standard InChI is InChI=1S/C6H14N4O3/c7-1-3(9)5(11)13-6(12)4(10)2-8/h3-4H,1-2,7-10H2. The third-order valence-corrected chi connectivity index (χ3v) is 1.31. The zero-order chi connectivity index (χ0) is 10.4. The van der Waals surface area contributed by atoms with E-state index in [0.717, 1.165) is 0 Å². The highest BCUT2D eigenvalue weighted by atomic mass is 16.6. The summed E-state index contributed by atoms with van der Waals surface area (Å²) in [5, 5.41) is 0. The summed E-state index contributed by atoms with van der Waals surface area (Å²) in [6.45, 7) is -0.187. The number of carbonyl (C=O) groups excluding carboxylic acids is 2. The maximum absolute atomic E-state index is 10.9. The van der Waals surface area contributed by atoms with Crippen LogP contribution in [-0.4, -0.2) is 37.1 Å². The molecule has 0 heterocycles. The minimum absolute atomic E-state index is 0.0933. The highest BCUT2D eigenvalue weighted by molar-refractivity contribution is 5.90. The number of hydrogen-bond acceptors (Lipinski definition) is 7. The fourth-order valence-corrected chi connectivity index (χ4v) is 0.443. The minimum atomic E-state index is -1.01. The van der Waals surface area contributed by atoms with E-state index in [1.165, 1.54) is 0 Å². The van der Waals surface area contributed by atoms with Gasteiger partial charge in [0.05, 0.1) is 0 Å². The van der Waals surface area contributed by atoms with Gasteiger partial charge in [-0.3, -0.25) is 0 Å². The average molecular weight is 190 g/mol. The summed E-state index contributed by atoms with van der Waals surface area (Å²) in [5.41, 5.74) is 20.5. The second-order valence-electron chi connectivity index (χ2n) is 2.42. The number of hydrogen-bond donors (Lipinski definition) is 4. The molecule has 0 aliphatic heterocycles. The van der Waals surface area contributed by atoms with Crippen molar-refractivity contribution in [2.75, 3.05) is 13.1 Å². The number of carbonyl (C=O) groups is 2. The molecule has 0 saturated heterocycles. The van der Waals surface area contributed by atoms with Crippen LogP contribution >= 0.6 is 0 Å². The predicted octanol–water partition coefficient (Wildman–Crippen LogP) is -3.37. The molecule has 7 heteroatoms. The lowest BCUT2D eigenvalue weighted by Crippen LogP contribution is -2.45. The van der Waals surface area contributed by atoms with Crippen molar-refractivity contribution in [3.63, 3.8) is 0 Å². The first kappa shape index (κ1) is 12.0. The highest BCUT2D eigenvalue weighted by Crippen LogP contribution is 1.88. The van der Waals surface area contributed by atoms with Gasteiger partial charge >= 0.3 is 11.9 Å². The third-order valence-electron chi connectivity index (χ3n) is 1.31. The Balaban J connectivity index is 3.99. The quantitative estimate of drug-likeness (QED) is 0.267. The van der Waals surface area contributed by atoms with Crippen LogP contribution < -0.4 is 22.9 Å². The van der Waals surface area contributed by atoms with E-state index < -0.39 is 24.0 Å². The zero-order valence-corrected chi connectivity index (χ0v) is 7.10. The summed E-state index contributed by atoms with van der Waals surface area (Å²) in [7, 11) is 0. The molecule has 13 heavy (non-hydrogen) atoms. The smallest absolute Gasteiger partial charge is 0.331 e. The Morgan fingerprint density at radius 1 is 1.00 bits per heavy atom. The second kappa shape index (κ2) is 5.60. The van der Waals surface area contributed by atoms with Crippen LogP contribution in [0.3, 0.4) is 0 Å². The van der Waals surface area contributed by atoms with Crippen LogP contribution in [0.4, 0.5) is 0 Å². The summed E-state index contributed by atoms with van der Waals surface area (Å²) in [6.07, 6.45) is 0. The first-order valence-corrected chi connectivity index (χ1v) is 3.69. The van der Waals surface area contributed by atoms with E-state index in [-0.39, 0.29) is 13.1 Å². The number of nitrogens with two attached hydrogens (primary N) is 4. The Morgan fingerprint density at radius 2 is 1.31 bits per heavy atom. The minimum Gasteiger partial charge on any atom is -0.391 e. The lowest BCUT2D eigenvalue weighted by atomic mass is 10.3. The SMILES string of the molecule is NCC(N)C(=O)OC(=O)C(N)CN. The van der Waals surface area contributed by atoms with Gasteiger partial charge in [-0.05, 0) is 0 Å². The molecule has 0 aromatic rings. The molecule has 0 spiro atoms. The van der Waals surface area contributed by atoms with Crippen molar-refractivity contribution in [3.8, 4) is 0 Å². The molecule has 0 aromatic heterocycles. The predicted molar refractivity (Wildman–Crippen MR) is 45.2 cm³/mol. The molecule has 0 radical (unpaired) electrons. The van der Waals surface area contributed by atoms with E-state index in [1.807, 2.05) is 0 Å². The maximum Gasteiger partial charge on any atom is 0.331 e. The van der Waals surface area contributed by atoms with E-state index in [0.29, 0.717) is 0 Å². The molecule has 0 rings (SSSR count). The molecule has 0 fully saturated rings. The van der Waals surface area contributed by atoms with Gasteiger partial charge in [0.2, 0.25) is 0 Å². The number of esters is 2. The first-order chi connectivity index (χ1) is 6.02. The van der Waals surface area contributed by atoms with Crippen LogP contribution in [-0.2, 0) is 14.3 Å². The van der Waals surface area contributed by atoms with Crippen LogP contribution in [0, 0.1) is 0 Å². The normalized spacial score (nSPS) is 14.8.